The molecule has 124 valence electrons. The molecule has 1 fully saturated rings. The Morgan fingerprint density at radius 3 is 2.92 bits per heavy atom. The predicted octanol–water partition coefficient (Wildman–Crippen LogP) is 3.58. The SMILES string of the molecule is Cc1nc(N(Cc2ccncc2)C[C@H]2CCCO2)c2ccsc2n1. The minimum atomic E-state index is 0.274. The molecule has 1 saturated heterocycles. The summed E-state index contributed by atoms with van der Waals surface area (Å²) in [4.78, 5) is 16.8. The maximum atomic E-state index is 5.87. The third-order valence-electron chi connectivity index (χ3n) is 4.29. The molecule has 1 atom stereocenters. The summed E-state index contributed by atoms with van der Waals surface area (Å²) in [5.74, 6) is 1.82. The lowest BCUT2D eigenvalue weighted by molar-refractivity contribution is 0.115. The number of aromatic nitrogens is 3. The van der Waals surface area contributed by atoms with Gasteiger partial charge < -0.3 is 9.64 Å². The van der Waals surface area contributed by atoms with Crippen LogP contribution in [0.4, 0.5) is 5.82 Å². The van der Waals surface area contributed by atoms with Crippen LogP contribution in [0, 0.1) is 6.92 Å². The number of hydrogen-bond acceptors (Lipinski definition) is 6. The second kappa shape index (κ2) is 6.83. The van der Waals surface area contributed by atoms with E-state index in [2.05, 4.69) is 38.4 Å². The van der Waals surface area contributed by atoms with Crippen molar-refractivity contribution < 1.29 is 4.74 Å². The van der Waals surface area contributed by atoms with Crippen molar-refractivity contribution in [1.29, 1.82) is 0 Å². The number of ether oxygens (including phenoxy) is 1. The normalized spacial score (nSPS) is 17.5. The van der Waals surface area contributed by atoms with E-state index in [9.17, 15) is 0 Å². The van der Waals surface area contributed by atoms with Crippen molar-refractivity contribution in [2.45, 2.75) is 32.4 Å². The van der Waals surface area contributed by atoms with Gasteiger partial charge in [-0.1, -0.05) is 0 Å². The third kappa shape index (κ3) is 3.25. The van der Waals surface area contributed by atoms with E-state index in [1.807, 2.05) is 19.3 Å². The predicted molar refractivity (Wildman–Crippen MR) is 96.4 cm³/mol. The Morgan fingerprint density at radius 1 is 1.25 bits per heavy atom. The number of anilines is 1. The molecule has 5 nitrogen and oxygen atoms in total. The van der Waals surface area contributed by atoms with Crippen LogP contribution in [0.3, 0.4) is 0 Å². The lowest BCUT2D eigenvalue weighted by atomic mass is 10.2. The van der Waals surface area contributed by atoms with Crippen molar-refractivity contribution in [3.05, 3.63) is 47.4 Å². The number of hydrogen-bond donors (Lipinski definition) is 0. The van der Waals surface area contributed by atoms with Crippen LogP contribution in [0.5, 0.6) is 0 Å². The van der Waals surface area contributed by atoms with Crippen LogP contribution in [-0.4, -0.2) is 34.2 Å². The number of aryl methyl sites for hydroxylation is 1. The van der Waals surface area contributed by atoms with Gasteiger partial charge in [0.2, 0.25) is 0 Å². The molecule has 4 rings (SSSR count). The van der Waals surface area contributed by atoms with Crippen molar-refractivity contribution in [3.63, 3.8) is 0 Å². The van der Waals surface area contributed by atoms with Crippen LogP contribution in [0.2, 0.25) is 0 Å². The van der Waals surface area contributed by atoms with Crippen LogP contribution in [-0.2, 0) is 11.3 Å². The van der Waals surface area contributed by atoms with E-state index in [0.717, 1.165) is 54.4 Å². The first-order valence-electron chi connectivity index (χ1n) is 8.27. The smallest absolute Gasteiger partial charge is 0.141 e. The number of pyridine rings is 1. The second-order valence-electron chi connectivity index (χ2n) is 6.10. The van der Waals surface area contributed by atoms with E-state index in [0.29, 0.717) is 0 Å². The summed E-state index contributed by atoms with van der Waals surface area (Å²) in [6.45, 7) is 4.47. The summed E-state index contributed by atoms with van der Waals surface area (Å²) in [5.41, 5.74) is 1.22. The fraction of sp³-hybridized carbons (Fsp3) is 0.389. The number of nitrogens with zero attached hydrogens (tertiary/aromatic N) is 4. The molecule has 1 aliphatic rings. The van der Waals surface area contributed by atoms with E-state index < -0.39 is 0 Å². The molecule has 0 N–H and O–H groups in total. The highest BCUT2D eigenvalue weighted by atomic mass is 32.1. The lowest BCUT2D eigenvalue weighted by Gasteiger charge is -2.27. The second-order valence-corrected chi connectivity index (χ2v) is 7.00. The summed E-state index contributed by atoms with van der Waals surface area (Å²) in [6, 6.07) is 6.23. The van der Waals surface area contributed by atoms with Gasteiger partial charge in [-0.25, -0.2) is 9.97 Å². The van der Waals surface area contributed by atoms with Gasteiger partial charge in [-0.2, -0.15) is 0 Å². The van der Waals surface area contributed by atoms with Crippen molar-refractivity contribution in [2.24, 2.45) is 0 Å². The number of thiophene rings is 1. The monoisotopic (exact) mass is 340 g/mol. The standard InChI is InChI=1S/C18H20N4OS/c1-13-20-17(16-6-10-24-18(16)21-13)22(12-15-3-2-9-23-15)11-14-4-7-19-8-5-14/h4-8,10,15H,2-3,9,11-12H2,1H3/t15-/m1/s1. The molecule has 3 aromatic heterocycles. The Labute approximate surface area is 145 Å². The first-order valence-corrected chi connectivity index (χ1v) is 9.15. The summed E-state index contributed by atoms with van der Waals surface area (Å²) in [6.07, 6.45) is 6.21. The Hall–Kier alpha value is -2.05. The topological polar surface area (TPSA) is 51.1 Å². The highest BCUT2D eigenvalue weighted by molar-refractivity contribution is 7.16. The summed E-state index contributed by atoms with van der Waals surface area (Å²) in [5, 5.41) is 3.21. The molecule has 0 bridgehead atoms. The van der Waals surface area contributed by atoms with Crippen LogP contribution in [0.25, 0.3) is 10.2 Å². The average Bonchev–Trinajstić information content (AvgIpc) is 3.26. The number of fused-ring (bicyclic) bond motifs is 1. The molecule has 4 heterocycles. The summed E-state index contributed by atoms with van der Waals surface area (Å²) >= 11 is 1.66. The molecular weight excluding hydrogens is 320 g/mol. The number of rotatable bonds is 5. The minimum absolute atomic E-state index is 0.274. The van der Waals surface area contributed by atoms with E-state index in [4.69, 9.17) is 9.72 Å². The van der Waals surface area contributed by atoms with Gasteiger partial charge in [0, 0.05) is 32.1 Å². The van der Waals surface area contributed by atoms with E-state index >= 15 is 0 Å². The summed E-state index contributed by atoms with van der Waals surface area (Å²) < 4.78 is 5.87. The highest BCUT2D eigenvalue weighted by Crippen LogP contribution is 2.30. The van der Waals surface area contributed by atoms with Gasteiger partial charge in [-0.3, -0.25) is 4.98 Å². The molecule has 0 radical (unpaired) electrons. The third-order valence-corrected chi connectivity index (χ3v) is 5.09. The fourth-order valence-corrected chi connectivity index (χ4v) is 3.96. The molecule has 6 heteroatoms. The van der Waals surface area contributed by atoms with E-state index in [1.54, 1.807) is 11.3 Å². The van der Waals surface area contributed by atoms with Crippen molar-refractivity contribution in [2.75, 3.05) is 18.1 Å². The van der Waals surface area contributed by atoms with Crippen molar-refractivity contribution in [1.82, 2.24) is 15.0 Å². The molecule has 0 aliphatic carbocycles. The molecule has 0 aromatic carbocycles. The molecule has 0 amide bonds. The molecule has 0 spiro atoms. The quantitative estimate of drug-likeness (QED) is 0.710. The van der Waals surface area contributed by atoms with Crippen LogP contribution < -0.4 is 4.90 Å². The lowest BCUT2D eigenvalue weighted by Crippen LogP contribution is -2.32. The maximum absolute atomic E-state index is 5.87. The Kier molecular flexibility index (Phi) is 4.40. The molecule has 24 heavy (non-hydrogen) atoms. The van der Waals surface area contributed by atoms with Gasteiger partial charge >= 0.3 is 0 Å². The Bertz CT molecular complexity index is 814. The highest BCUT2D eigenvalue weighted by Gasteiger charge is 2.22. The zero-order valence-corrected chi connectivity index (χ0v) is 14.5. The van der Waals surface area contributed by atoms with Crippen LogP contribution in [0.1, 0.15) is 24.2 Å². The van der Waals surface area contributed by atoms with Crippen molar-refractivity contribution in [3.8, 4) is 0 Å². The fourth-order valence-electron chi connectivity index (χ4n) is 3.15. The molecule has 0 unspecified atom stereocenters. The van der Waals surface area contributed by atoms with Crippen molar-refractivity contribution >= 4 is 27.4 Å². The van der Waals surface area contributed by atoms with Gasteiger partial charge in [-0.05, 0) is 48.9 Å². The van der Waals surface area contributed by atoms with Gasteiger partial charge in [0.15, 0.2) is 0 Å². The van der Waals surface area contributed by atoms with Crippen LogP contribution in [0.15, 0.2) is 36.0 Å². The maximum Gasteiger partial charge on any atom is 0.141 e. The average molecular weight is 340 g/mol. The minimum Gasteiger partial charge on any atom is -0.376 e. The largest absolute Gasteiger partial charge is 0.376 e. The van der Waals surface area contributed by atoms with Gasteiger partial charge in [-0.15, -0.1) is 11.3 Å². The van der Waals surface area contributed by atoms with E-state index in [1.165, 1.54) is 5.56 Å². The van der Waals surface area contributed by atoms with Gasteiger partial charge in [0.25, 0.3) is 0 Å². The zero-order chi connectivity index (χ0) is 16.4. The molecule has 1 aliphatic heterocycles. The van der Waals surface area contributed by atoms with Gasteiger partial charge in [0.05, 0.1) is 11.5 Å². The first kappa shape index (κ1) is 15.5. The molecule has 3 aromatic rings. The Balaban J connectivity index is 1.71. The van der Waals surface area contributed by atoms with E-state index in [-0.39, 0.29) is 6.10 Å². The first-order chi connectivity index (χ1) is 11.8. The summed E-state index contributed by atoms with van der Waals surface area (Å²) in [7, 11) is 0. The Morgan fingerprint density at radius 2 is 2.12 bits per heavy atom. The molecule has 0 saturated carbocycles. The zero-order valence-electron chi connectivity index (χ0n) is 13.7. The van der Waals surface area contributed by atoms with Gasteiger partial charge in [0.1, 0.15) is 16.5 Å². The molecular formula is C18H20N4OS. The van der Waals surface area contributed by atoms with Crippen LogP contribution >= 0.6 is 11.3 Å².